The van der Waals surface area contributed by atoms with Gasteiger partial charge in [-0.1, -0.05) is 0 Å². The summed E-state index contributed by atoms with van der Waals surface area (Å²) in [5.74, 6) is 0. The first kappa shape index (κ1) is 7.70. The molecule has 0 heterocycles. The normalized spacial score (nSPS) is 12.0. The van der Waals surface area contributed by atoms with Gasteiger partial charge in [0.1, 0.15) is 0 Å². The molecule has 0 bridgehead atoms. The molecule has 0 aliphatic rings. The summed E-state index contributed by atoms with van der Waals surface area (Å²) >= 11 is 5.17. The van der Waals surface area contributed by atoms with E-state index in [9.17, 15) is 0 Å². The third-order valence-electron chi connectivity index (χ3n) is 0.152. The van der Waals surface area contributed by atoms with Gasteiger partial charge in [-0.2, -0.15) is 0 Å². The van der Waals surface area contributed by atoms with Crippen molar-refractivity contribution in [1.29, 1.82) is 0 Å². The molecule has 0 N–H and O–H groups in total. The Morgan fingerprint density at radius 2 is 1.33 bits per heavy atom. The number of rotatable bonds is 1. The summed E-state index contributed by atoms with van der Waals surface area (Å²) in [6, 6.07) is 0. The zero-order chi connectivity index (χ0) is 5.21. The fourth-order valence-corrected chi connectivity index (χ4v) is 0. The number of hydrogen-bond donors (Lipinski definition) is 0. The topological polar surface area (TPSA) is 0 Å². The molecule has 0 nitrogen and oxygen atoms in total. The van der Waals surface area contributed by atoms with Gasteiger partial charge < -0.3 is 0 Å². The quantitative estimate of drug-likeness (QED) is 0.478. The van der Waals surface area contributed by atoms with Crippen molar-refractivity contribution in [3.8, 4) is 0 Å². The Kier molecular flexibility index (Phi) is 3.70. The molecule has 0 aromatic heterocycles. The monoisotopic (exact) mass is 228 g/mol. The number of alkyl halides is 1. The standard InChI is InChI=1S/CH2Cl4Ge/c2-1-6(3,4)5/h1H2. The maximum absolute atomic E-state index is 5.30. The molecule has 0 atom stereocenters. The van der Waals surface area contributed by atoms with Crippen molar-refractivity contribution < 1.29 is 0 Å². The zero-order valence-corrected chi connectivity index (χ0v) is 7.84. The Balaban J connectivity index is 3.17. The van der Waals surface area contributed by atoms with E-state index >= 15 is 0 Å². The molecule has 0 aromatic carbocycles. The molecular weight excluding hydrogens is 226 g/mol. The van der Waals surface area contributed by atoms with E-state index in [-0.39, 0.29) is 4.71 Å². The molecule has 0 spiro atoms. The van der Waals surface area contributed by atoms with Crippen LogP contribution in [0.15, 0.2) is 0 Å². The SMILES string of the molecule is Cl[CH2][Ge]([Cl])([Cl])[Cl]. The zero-order valence-electron chi connectivity index (χ0n) is 2.72. The minimum atomic E-state index is -2.86. The molecule has 0 saturated heterocycles. The van der Waals surface area contributed by atoms with Crippen molar-refractivity contribution >= 4 is 52.1 Å². The molecule has 0 aliphatic carbocycles. The summed E-state index contributed by atoms with van der Waals surface area (Å²) in [6.07, 6.45) is 0. The summed E-state index contributed by atoms with van der Waals surface area (Å²) < 4.78 is 0.227. The van der Waals surface area contributed by atoms with Gasteiger partial charge in [0.2, 0.25) is 0 Å². The predicted octanol–water partition coefficient (Wildman–Crippen LogP) is 2.42. The van der Waals surface area contributed by atoms with Gasteiger partial charge in [0.05, 0.1) is 0 Å². The first-order valence-corrected chi connectivity index (χ1v) is 11.5. The predicted molar refractivity (Wildman–Crippen MR) is 34.0 cm³/mol. The molecule has 38 valence electrons. The van der Waals surface area contributed by atoms with Crippen LogP contribution in [0.5, 0.6) is 0 Å². The Labute approximate surface area is 56.6 Å². The Bertz CT molecular complexity index is 37.3. The Morgan fingerprint density at radius 3 is 1.33 bits per heavy atom. The van der Waals surface area contributed by atoms with E-state index in [1.54, 1.807) is 0 Å². The van der Waals surface area contributed by atoms with Crippen molar-refractivity contribution in [2.45, 2.75) is 0 Å². The van der Waals surface area contributed by atoms with Gasteiger partial charge in [0, 0.05) is 0 Å². The van der Waals surface area contributed by atoms with Crippen LogP contribution in [-0.4, -0.2) is 15.2 Å². The summed E-state index contributed by atoms with van der Waals surface area (Å²) in [6.45, 7) is 0. The van der Waals surface area contributed by atoms with Crippen LogP contribution in [0.25, 0.3) is 0 Å². The van der Waals surface area contributed by atoms with E-state index in [1.807, 2.05) is 0 Å². The van der Waals surface area contributed by atoms with E-state index in [4.69, 9.17) is 41.6 Å². The van der Waals surface area contributed by atoms with E-state index in [2.05, 4.69) is 0 Å². The minimum absolute atomic E-state index is 0.227. The second kappa shape index (κ2) is 2.88. The molecule has 0 saturated carbocycles. The van der Waals surface area contributed by atoms with Crippen LogP contribution in [0.3, 0.4) is 0 Å². The van der Waals surface area contributed by atoms with Gasteiger partial charge in [0.15, 0.2) is 0 Å². The molecule has 0 amide bonds. The summed E-state index contributed by atoms with van der Waals surface area (Å²) in [5, 5.41) is 0. The van der Waals surface area contributed by atoms with Crippen LogP contribution < -0.4 is 0 Å². The van der Waals surface area contributed by atoms with Crippen molar-refractivity contribution in [3.05, 3.63) is 0 Å². The van der Waals surface area contributed by atoms with Gasteiger partial charge in [-0.15, -0.1) is 0 Å². The molecular formula is CH2Cl4Ge. The van der Waals surface area contributed by atoms with Crippen LogP contribution in [0, 0.1) is 0 Å². The fourth-order valence-electron chi connectivity index (χ4n) is 0. The van der Waals surface area contributed by atoms with Gasteiger partial charge >= 0.3 is 56.8 Å². The van der Waals surface area contributed by atoms with Crippen LogP contribution in [0.4, 0.5) is 0 Å². The first-order valence-electron chi connectivity index (χ1n) is 1.19. The van der Waals surface area contributed by atoms with Crippen LogP contribution >= 0.6 is 41.6 Å². The number of hydrogen-bond acceptors (Lipinski definition) is 0. The molecule has 0 fully saturated rings. The third-order valence-corrected chi connectivity index (χ3v) is 7.09. The second-order valence-electron chi connectivity index (χ2n) is 0.749. The van der Waals surface area contributed by atoms with Crippen LogP contribution in [0.1, 0.15) is 0 Å². The number of halogens is 4. The molecule has 0 rings (SSSR count). The molecule has 6 heavy (non-hydrogen) atoms. The summed E-state index contributed by atoms with van der Waals surface area (Å²) in [7, 11) is 13.1. The third kappa shape index (κ3) is 5.70. The Morgan fingerprint density at radius 1 is 1.17 bits per heavy atom. The molecule has 0 aromatic rings. The molecule has 0 unspecified atom stereocenters. The van der Waals surface area contributed by atoms with Crippen molar-refractivity contribution in [3.63, 3.8) is 0 Å². The average Bonchev–Trinajstić information content (AvgIpc) is 1.35. The summed E-state index contributed by atoms with van der Waals surface area (Å²) in [4.78, 5) is 0. The summed E-state index contributed by atoms with van der Waals surface area (Å²) in [5.41, 5.74) is 0. The fraction of sp³-hybridized carbons (Fsp3) is 1.00. The van der Waals surface area contributed by atoms with E-state index < -0.39 is 10.5 Å². The molecule has 0 radical (unpaired) electrons. The van der Waals surface area contributed by atoms with Gasteiger partial charge in [-0.3, -0.25) is 0 Å². The average molecular weight is 228 g/mol. The molecule has 0 aliphatic heterocycles. The van der Waals surface area contributed by atoms with Gasteiger partial charge in [-0.05, 0) is 0 Å². The van der Waals surface area contributed by atoms with Crippen molar-refractivity contribution in [2.24, 2.45) is 0 Å². The maximum atomic E-state index is 5.30. The van der Waals surface area contributed by atoms with E-state index in [0.29, 0.717) is 0 Å². The second-order valence-corrected chi connectivity index (χ2v) is 18.4. The van der Waals surface area contributed by atoms with E-state index in [0.717, 1.165) is 0 Å². The van der Waals surface area contributed by atoms with Crippen molar-refractivity contribution in [1.82, 2.24) is 0 Å². The van der Waals surface area contributed by atoms with Gasteiger partial charge in [0.25, 0.3) is 0 Å². The van der Waals surface area contributed by atoms with Crippen LogP contribution in [-0.2, 0) is 0 Å². The van der Waals surface area contributed by atoms with Crippen LogP contribution in [0.2, 0.25) is 0 Å². The van der Waals surface area contributed by atoms with Gasteiger partial charge in [-0.25, -0.2) is 0 Å². The molecule has 5 heteroatoms. The first-order chi connectivity index (χ1) is 2.56. The Hall–Kier alpha value is 1.70. The van der Waals surface area contributed by atoms with Crippen molar-refractivity contribution in [2.75, 3.05) is 4.71 Å². The van der Waals surface area contributed by atoms with E-state index in [1.165, 1.54) is 0 Å².